The van der Waals surface area contributed by atoms with Crippen LogP contribution in [-0.4, -0.2) is 15.1 Å². The van der Waals surface area contributed by atoms with Gasteiger partial charge in [-0.2, -0.15) is 0 Å². The van der Waals surface area contributed by atoms with E-state index in [1.165, 1.54) is 12.1 Å². The van der Waals surface area contributed by atoms with E-state index < -0.39 is 5.82 Å². The van der Waals surface area contributed by atoms with Crippen LogP contribution < -0.4 is 0 Å². The molecule has 1 aromatic heterocycles. The highest BCUT2D eigenvalue weighted by Gasteiger charge is 2.11. The lowest BCUT2D eigenvalue weighted by molar-refractivity contribution is 0.469. The van der Waals surface area contributed by atoms with Gasteiger partial charge in [0.1, 0.15) is 21.9 Å². The van der Waals surface area contributed by atoms with Crippen molar-refractivity contribution < 1.29 is 9.50 Å². The summed E-state index contributed by atoms with van der Waals surface area (Å²) in [6.07, 6.45) is 0. The van der Waals surface area contributed by atoms with Crippen molar-refractivity contribution in [2.45, 2.75) is 0 Å². The summed E-state index contributed by atoms with van der Waals surface area (Å²) in [7, 11) is 0. The first-order valence-electron chi connectivity index (χ1n) is 4.36. The van der Waals surface area contributed by atoms with Gasteiger partial charge in [0.2, 0.25) is 0 Å². The van der Waals surface area contributed by atoms with Crippen LogP contribution in [0.1, 0.15) is 0 Å². The quantitative estimate of drug-likeness (QED) is 0.599. The maximum absolute atomic E-state index is 13.1. The van der Waals surface area contributed by atoms with E-state index in [2.05, 4.69) is 9.97 Å². The lowest BCUT2D eigenvalue weighted by atomic mass is 10.2. The number of aromatic nitrogens is 2. The maximum Gasteiger partial charge on any atom is 0.162 e. The van der Waals surface area contributed by atoms with Crippen molar-refractivity contribution in [3.05, 3.63) is 37.9 Å². The Kier molecular flexibility index (Phi) is 3.70. The SMILES string of the molecule is Oc1cc(F)cc(-c2nc(Cl)c(I)c(Cl)n2)c1. The van der Waals surface area contributed by atoms with Crippen molar-refractivity contribution in [3.8, 4) is 17.1 Å². The molecule has 0 fully saturated rings. The standard InChI is InChI=1S/C10H4Cl2FIN2O/c11-8-7(14)9(12)16-10(15-8)4-1-5(13)3-6(17)2-4/h1-3,17H. The van der Waals surface area contributed by atoms with Crippen LogP contribution in [0.4, 0.5) is 4.39 Å². The fourth-order valence-electron chi connectivity index (χ4n) is 1.23. The lowest BCUT2D eigenvalue weighted by Gasteiger charge is -2.04. The number of phenolic OH excluding ortho intramolecular Hbond substituents is 1. The predicted molar refractivity (Wildman–Crippen MR) is 71.8 cm³/mol. The summed E-state index contributed by atoms with van der Waals surface area (Å²) in [5.41, 5.74) is 0.308. The second kappa shape index (κ2) is 4.91. The molecule has 7 heteroatoms. The van der Waals surface area contributed by atoms with Crippen LogP contribution in [0, 0.1) is 9.39 Å². The van der Waals surface area contributed by atoms with E-state index in [1.807, 2.05) is 22.6 Å². The topological polar surface area (TPSA) is 46.0 Å². The van der Waals surface area contributed by atoms with Gasteiger partial charge in [0, 0.05) is 11.6 Å². The average molecular weight is 385 g/mol. The summed E-state index contributed by atoms with van der Waals surface area (Å²) < 4.78 is 13.6. The summed E-state index contributed by atoms with van der Waals surface area (Å²) in [4.78, 5) is 7.94. The molecule has 3 nitrogen and oxygen atoms in total. The van der Waals surface area contributed by atoms with Crippen LogP contribution in [0.5, 0.6) is 5.75 Å². The van der Waals surface area contributed by atoms with E-state index in [9.17, 15) is 9.50 Å². The molecule has 1 heterocycles. The van der Waals surface area contributed by atoms with Crippen molar-refractivity contribution in [1.82, 2.24) is 9.97 Å². The van der Waals surface area contributed by atoms with Gasteiger partial charge in [0.05, 0.1) is 3.57 Å². The highest BCUT2D eigenvalue weighted by atomic mass is 127. The molecule has 0 aliphatic heterocycles. The van der Waals surface area contributed by atoms with Crippen LogP contribution in [0.3, 0.4) is 0 Å². The fraction of sp³-hybridized carbons (Fsp3) is 0. The van der Waals surface area contributed by atoms with Gasteiger partial charge in [-0.1, -0.05) is 23.2 Å². The maximum atomic E-state index is 13.1. The zero-order chi connectivity index (χ0) is 12.6. The van der Waals surface area contributed by atoms with Gasteiger partial charge in [-0.25, -0.2) is 14.4 Å². The van der Waals surface area contributed by atoms with Crippen molar-refractivity contribution in [2.75, 3.05) is 0 Å². The molecule has 1 aromatic carbocycles. The number of benzene rings is 1. The molecule has 0 aliphatic carbocycles. The Hall–Kier alpha value is -0.660. The number of hydrogen-bond acceptors (Lipinski definition) is 3. The van der Waals surface area contributed by atoms with Crippen LogP contribution in [-0.2, 0) is 0 Å². The number of rotatable bonds is 1. The lowest BCUT2D eigenvalue weighted by Crippen LogP contribution is -1.94. The Morgan fingerprint density at radius 3 is 2.24 bits per heavy atom. The van der Waals surface area contributed by atoms with Gasteiger partial charge in [-0.15, -0.1) is 0 Å². The molecule has 0 atom stereocenters. The summed E-state index contributed by atoms with van der Waals surface area (Å²) in [5.74, 6) is -0.640. The fourth-order valence-corrected chi connectivity index (χ4v) is 1.86. The van der Waals surface area contributed by atoms with E-state index in [4.69, 9.17) is 23.2 Å². The van der Waals surface area contributed by atoms with Crippen molar-refractivity contribution >= 4 is 45.8 Å². The van der Waals surface area contributed by atoms with Crippen molar-refractivity contribution in [2.24, 2.45) is 0 Å². The molecule has 1 N–H and O–H groups in total. The Bertz CT molecular complexity index is 551. The molecule has 0 radical (unpaired) electrons. The summed E-state index contributed by atoms with van der Waals surface area (Å²) in [5, 5.41) is 9.65. The number of halogens is 4. The highest BCUT2D eigenvalue weighted by molar-refractivity contribution is 14.1. The third kappa shape index (κ3) is 2.78. The van der Waals surface area contributed by atoms with Gasteiger partial charge in [0.15, 0.2) is 5.82 Å². The third-order valence-electron chi connectivity index (χ3n) is 1.91. The highest BCUT2D eigenvalue weighted by Crippen LogP contribution is 2.28. The Morgan fingerprint density at radius 1 is 1.12 bits per heavy atom. The largest absolute Gasteiger partial charge is 0.508 e. The van der Waals surface area contributed by atoms with E-state index in [0.717, 1.165) is 6.07 Å². The zero-order valence-electron chi connectivity index (χ0n) is 8.09. The number of phenols is 1. The minimum atomic E-state index is -0.589. The molecule has 0 bridgehead atoms. The average Bonchev–Trinajstić information content (AvgIpc) is 2.23. The Balaban J connectivity index is 2.60. The first-order chi connectivity index (χ1) is 7.97. The van der Waals surface area contributed by atoms with Crippen LogP contribution in [0.25, 0.3) is 11.4 Å². The van der Waals surface area contributed by atoms with Crippen LogP contribution in [0.2, 0.25) is 10.3 Å². The molecule has 0 aliphatic rings. The van der Waals surface area contributed by atoms with Crippen LogP contribution >= 0.6 is 45.8 Å². The second-order valence-electron chi connectivity index (χ2n) is 3.14. The Morgan fingerprint density at radius 2 is 1.71 bits per heavy atom. The summed E-state index contributed by atoms with van der Waals surface area (Å²) in [6.45, 7) is 0. The molecule has 0 saturated heterocycles. The van der Waals surface area contributed by atoms with E-state index >= 15 is 0 Å². The van der Waals surface area contributed by atoms with Gasteiger partial charge in [-0.05, 0) is 34.7 Å². The first-order valence-corrected chi connectivity index (χ1v) is 6.19. The smallest absolute Gasteiger partial charge is 0.162 e. The van der Waals surface area contributed by atoms with E-state index in [0.29, 0.717) is 9.13 Å². The number of aromatic hydroxyl groups is 1. The van der Waals surface area contributed by atoms with E-state index in [-0.39, 0.29) is 21.9 Å². The zero-order valence-corrected chi connectivity index (χ0v) is 11.8. The second-order valence-corrected chi connectivity index (χ2v) is 4.94. The van der Waals surface area contributed by atoms with Crippen molar-refractivity contribution in [3.63, 3.8) is 0 Å². The first kappa shape index (κ1) is 12.8. The molecule has 88 valence electrons. The molecule has 0 amide bonds. The molecule has 0 saturated carbocycles. The number of nitrogens with zero attached hydrogens (tertiary/aromatic N) is 2. The van der Waals surface area contributed by atoms with Crippen LogP contribution in [0.15, 0.2) is 18.2 Å². The molecule has 17 heavy (non-hydrogen) atoms. The van der Waals surface area contributed by atoms with Gasteiger partial charge in [-0.3, -0.25) is 0 Å². The molecule has 2 aromatic rings. The van der Waals surface area contributed by atoms with Gasteiger partial charge < -0.3 is 5.11 Å². The van der Waals surface area contributed by atoms with E-state index in [1.54, 1.807) is 0 Å². The molecule has 0 unspecified atom stereocenters. The summed E-state index contributed by atoms with van der Waals surface area (Å²) >= 11 is 13.6. The van der Waals surface area contributed by atoms with Gasteiger partial charge in [0.25, 0.3) is 0 Å². The third-order valence-corrected chi connectivity index (χ3v) is 4.12. The van der Waals surface area contributed by atoms with Gasteiger partial charge >= 0.3 is 0 Å². The minimum absolute atomic E-state index is 0.162. The number of hydrogen-bond donors (Lipinski definition) is 1. The normalized spacial score (nSPS) is 10.6. The molecular weight excluding hydrogens is 381 g/mol. The molecular formula is C10H4Cl2FIN2O. The molecule has 2 rings (SSSR count). The summed E-state index contributed by atoms with van der Waals surface area (Å²) in [6, 6.07) is 3.51. The predicted octanol–water partition coefficient (Wildman–Crippen LogP) is 3.90. The van der Waals surface area contributed by atoms with Crippen molar-refractivity contribution in [1.29, 1.82) is 0 Å². The minimum Gasteiger partial charge on any atom is -0.508 e. The molecule has 0 spiro atoms. The Labute approximate surface area is 120 Å². The monoisotopic (exact) mass is 384 g/mol.